The molecule has 1 saturated heterocycles. The van der Waals surface area contributed by atoms with Crippen LogP contribution in [0.4, 0.5) is 13.2 Å². The van der Waals surface area contributed by atoms with Gasteiger partial charge in [0.15, 0.2) is 0 Å². The number of nitrogens with one attached hydrogen (secondary N) is 2. The van der Waals surface area contributed by atoms with Crippen LogP contribution in [-0.2, 0) is 4.79 Å². The minimum Gasteiger partial charge on any atom is -0.405 e. The van der Waals surface area contributed by atoms with Gasteiger partial charge in [0.2, 0.25) is 5.91 Å². The number of aromatic amines is 1. The second-order valence-corrected chi connectivity index (χ2v) is 7.08. The monoisotopic (exact) mass is 418 g/mol. The van der Waals surface area contributed by atoms with Crippen molar-refractivity contribution in [3.8, 4) is 17.0 Å². The number of alkyl halides is 3. The molecule has 0 spiro atoms. The van der Waals surface area contributed by atoms with Crippen LogP contribution in [0.1, 0.15) is 17.9 Å². The Balaban J connectivity index is 1.75. The number of hydrogen-bond donors (Lipinski definition) is 3. The zero-order valence-corrected chi connectivity index (χ0v) is 15.5. The van der Waals surface area contributed by atoms with Crippen LogP contribution in [0, 0.1) is 0 Å². The first-order valence-electron chi connectivity index (χ1n) is 9.18. The molecule has 4 rings (SSSR count). The average Bonchev–Trinajstić information content (AvgIpc) is 3.08. The number of pyridine rings is 1. The van der Waals surface area contributed by atoms with E-state index in [1.807, 2.05) is 0 Å². The van der Waals surface area contributed by atoms with E-state index in [1.54, 1.807) is 30.3 Å². The molecular formula is C21H17F3N2O4. The number of hydrogen-bond acceptors (Lipinski definition) is 4. The van der Waals surface area contributed by atoms with Gasteiger partial charge in [-0.05, 0) is 41.6 Å². The zero-order chi connectivity index (χ0) is 21.5. The number of ether oxygens (including phenoxy) is 1. The predicted octanol–water partition coefficient (Wildman–Crippen LogP) is 3.06. The summed E-state index contributed by atoms with van der Waals surface area (Å²) in [7, 11) is 0. The zero-order valence-electron chi connectivity index (χ0n) is 15.5. The molecule has 2 heterocycles. The van der Waals surface area contributed by atoms with Gasteiger partial charge < -0.3 is 20.1 Å². The van der Waals surface area contributed by atoms with Gasteiger partial charge >= 0.3 is 6.36 Å². The fourth-order valence-electron chi connectivity index (χ4n) is 3.70. The van der Waals surface area contributed by atoms with Gasteiger partial charge in [0.1, 0.15) is 5.75 Å². The molecule has 1 amide bonds. The van der Waals surface area contributed by atoms with Crippen molar-refractivity contribution in [3.63, 3.8) is 0 Å². The van der Waals surface area contributed by atoms with Crippen LogP contribution < -0.4 is 15.6 Å². The highest BCUT2D eigenvalue weighted by atomic mass is 19.4. The summed E-state index contributed by atoms with van der Waals surface area (Å²) in [5.41, 5.74) is 0.413. The quantitative estimate of drug-likeness (QED) is 0.607. The summed E-state index contributed by atoms with van der Waals surface area (Å²) < 4.78 is 42.2. The number of halogens is 3. The molecule has 0 radical (unpaired) electrons. The van der Waals surface area contributed by atoms with Crippen molar-refractivity contribution < 1.29 is 27.8 Å². The van der Waals surface area contributed by atoms with E-state index in [1.165, 1.54) is 18.2 Å². The summed E-state index contributed by atoms with van der Waals surface area (Å²) in [5.74, 6) is -1.12. The maximum Gasteiger partial charge on any atom is 0.573 e. The molecule has 1 aliphatic rings. The summed E-state index contributed by atoms with van der Waals surface area (Å²) in [6.45, 7) is -0.167. The molecule has 1 fully saturated rings. The minimum atomic E-state index is -4.86. The Kier molecular flexibility index (Phi) is 4.98. The Labute approximate surface area is 168 Å². The molecule has 2 atom stereocenters. The van der Waals surface area contributed by atoms with Crippen LogP contribution in [0.2, 0.25) is 0 Å². The van der Waals surface area contributed by atoms with E-state index in [4.69, 9.17) is 0 Å². The number of aliphatic hydroxyl groups excluding tert-OH is 1. The van der Waals surface area contributed by atoms with Crippen molar-refractivity contribution in [2.75, 3.05) is 6.61 Å². The lowest BCUT2D eigenvalue weighted by Crippen LogP contribution is -2.28. The Morgan fingerprint density at radius 2 is 1.87 bits per heavy atom. The molecule has 6 nitrogen and oxygen atoms in total. The maximum atomic E-state index is 12.7. The van der Waals surface area contributed by atoms with Crippen molar-refractivity contribution in [2.24, 2.45) is 0 Å². The number of fused-ring (bicyclic) bond motifs is 1. The van der Waals surface area contributed by atoms with E-state index in [2.05, 4.69) is 15.0 Å². The van der Waals surface area contributed by atoms with E-state index >= 15 is 0 Å². The van der Waals surface area contributed by atoms with E-state index in [0.717, 1.165) is 0 Å². The van der Waals surface area contributed by atoms with Crippen LogP contribution in [0.5, 0.6) is 5.75 Å². The van der Waals surface area contributed by atoms with Crippen molar-refractivity contribution in [1.82, 2.24) is 10.3 Å². The number of carbonyl (C=O) groups is 1. The highest BCUT2D eigenvalue weighted by Crippen LogP contribution is 2.34. The third kappa shape index (κ3) is 3.88. The number of carbonyl (C=O) groups excluding carboxylic acids is 1. The standard InChI is InChI=1S/C21H17F3N2O4/c22-21(23,24)30-18-4-2-1-3-14(18)17-8-12-6-5-11(7-15(12)20(29)26-17)16-9-13(10-27)25-19(16)28/h1-8,13,16,27H,9-10H2,(H,25,28)(H,26,29)/t13?,16-/m0/s1. The van der Waals surface area contributed by atoms with Gasteiger partial charge in [-0.3, -0.25) is 9.59 Å². The smallest absolute Gasteiger partial charge is 0.405 e. The number of aliphatic hydroxyl groups is 1. The molecule has 3 aromatic rings. The molecule has 1 unspecified atom stereocenters. The van der Waals surface area contributed by atoms with Crippen LogP contribution in [-0.4, -0.2) is 35.0 Å². The SMILES string of the molecule is O=C1NC(CO)C[C@H]1c1ccc2cc(-c3ccccc3OC(F)(F)F)[nH]c(=O)c2c1. The lowest BCUT2D eigenvalue weighted by Gasteiger charge is -2.14. The highest BCUT2D eigenvalue weighted by Gasteiger charge is 2.33. The molecule has 1 aliphatic heterocycles. The normalized spacial score (nSPS) is 19.1. The second-order valence-electron chi connectivity index (χ2n) is 7.08. The van der Waals surface area contributed by atoms with Crippen molar-refractivity contribution in [2.45, 2.75) is 24.7 Å². The Morgan fingerprint density at radius 3 is 2.57 bits per heavy atom. The average molecular weight is 418 g/mol. The van der Waals surface area contributed by atoms with Crippen LogP contribution in [0.25, 0.3) is 22.0 Å². The molecule has 3 N–H and O–H groups in total. The third-order valence-corrected chi connectivity index (χ3v) is 5.08. The number of H-pyrrole nitrogens is 1. The molecule has 156 valence electrons. The number of rotatable bonds is 4. The van der Waals surface area contributed by atoms with Gasteiger partial charge in [0.25, 0.3) is 5.56 Å². The fraction of sp³-hybridized carbons (Fsp3) is 0.238. The number of amides is 1. The van der Waals surface area contributed by atoms with E-state index in [0.29, 0.717) is 22.8 Å². The van der Waals surface area contributed by atoms with Crippen LogP contribution in [0.15, 0.2) is 53.3 Å². The summed E-state index contributed by atoms with van der Waals surface area (Å²) in [4.78, 5) is 27.4. The molecule has 0 bridgehead atoms. The van der Waals surface area contributed by atoms with Gasteiger partial charge in [-0.25, -0.2) is 0 Å². The Hall–Kier alpha value is -3.33. The number of benzene rings is 2. The summed E-state index contributed by atoms with van der Waals surface area (Å²) in [6.07, 6.45) is -4.45. The highest BCUT2D eigenvalue weighted by molar-refractivity contribution is 5.90. The van der Waals surface area contributed by atoms with Gasteiger partial charge in [-0.15, -0.1) is 13.2 Å². The molecule has 1 aromatic heterocycles. The first kappa shape index (κ1) is 20.0. The lowest BCUT2D eigenvalue weighted by atomic mass is 9.93. The number of para-hydroxylation sites is 1. The summed E-state index contributed by atoms with van der Waals surface area (Å²) in [6, 6.07) is 11.7. The van der Waals surface area contributed by atoms with Gasteiger partial charge in [-0.2, -0.15) is 0 Å². The van der Waals surface area contributed by atoms with Crippen LogP contribution >= 0.6 is 0 Å². The molecule has 9 heteroatoms. The first-order chi connectivity index (χ1) is 14.2. The fourth-order valence-corrected chi connectivity index (χ4v) is 3.70. The lowest BCUT2D eigenvalue weighted by molar-refractivity contribution is -0.274. The summed E-state index contributed by atoms with van der Waals surface area (Å²) in [5, 5.41) is 12.8. The maximum absolute atomic E-state index is 12.7. The molecule has 0 aliphatic carbocycles. The second kappa shape index (κ2) is 7.49. The van der Waals surface area contributed by atoms with Crippen molar-refractivity contribution in [3.05, 3.63) is 64.4 Å². The predicted molar refractivity (Wildman–Crippen MR) is 103 cm³/mol. The van der Waals surface area contributed by atoms with Crippen molar-refractivity contribution in [1.29, 1.82) is 0 Å². The largest absolute Gasteiger partial charge is 0.573 e. The van der Waals surface area contributed by atoms with E-state index in [-0.39, 0.29) is 29.8 Å². The molecular weight excluding hydrogens is 401 g/mol. The van der Waals surface area contributed by atoms with Gasteiger partial charge in [0, 0.05) is 10.9 Å². The Bertz CT molecular complexity index is 1170. The molecule has 2 aromatic carbocycles. The van der Waals surface area contributed by atoms with E-state index in [9.17, 15) is 27.9 Å². The minimum absolute atomic E-state index is 0.0962. The Morgan fingerprint density at radius 1 is 1.10 bits per heavy atom. The van der Waals surface area contributed by atoms with E-state index < -0.39 is 23.6 Å². The third-order valence-electron chi connectivity index (χ3n) is 5.08. The molecule has 30 heavy (non-hydrogen) atoms. The van der Waals surface area contributed by atoms with Crippen molar-refractivity contribution >= 4 is 16.7 Å². The first-order valence-corrected chi connectivity index (χ1v) is 9.18. The van der Waals surface area contributed by atoms with Gasteiger partial charge in [-0.1, -0.05) is 24.3 Å². The summed E-state index contributed by atoms with van der Waals surface area (Å²) >= 11 is 0. The van der Waals surface area contributed by atoms with Gasteiger partial charge in [0.05, 0.1) is 24.3 Å². The van der Waals surface area contributed by atoms with Crippen LogP contribution in [0.3, 0.4) is 0 Å². The topological polar surface area (TPSA) is 91.4 Å². The number of aromatic nitrogens is 1. The molecule has 0 saturated carbocycles.